The SMILES string of the molecule is COc1cccc(Cc2cnc(NC(=O)c3ccc(=O)n(C)n3)s2)c1. The van der Waals surface area contributed by atoms with Crippen LogP contribution in [0.15, 0.2) is 47.4 Å². The lowest BCUT2D eigenvalue weighted by Gasteiger charge is -2.03. The molecule has 2 heterocycles. The van der Waals surface area contributed by atoms with Gasteiger partial charge in [0.25, 0.3) is 11.5 Å². The van der Waals surface area contributed by atoms with E-state index in [-0.39, 0.29) is 11.3 Å². The predicted molar refractivity (Wildman–Crippen MR) is 95.3 cm³/mol. The first-order valence-corrected chi connectivity index (χ1v) is 8.30. The van der Waals surface area contributed by atoms with Crippen LogP contribution in [0.1, 0.15) is 20.9 Å². The smallest absolute Gasteiger partial charge is 0.277 e. The minimum absolute atomic E-state index is 0.159. The van der Waals surface area contributed by atoms with E-state index in [1.165, 1.54) is 30.5 Å². The van der Waals surface area contributed by atoms with Gasteiger partial charge in [0.05, 0.1) is 7.11 Å². The maximum atomic E-state index is 12.2. The van der Waals surface area contributed by atoms with Crippen LogP contribution in [0.25, 0.3) is 0 Å². The molecule has 7 nitrogen and oxygen atoms in total. The highest BCUT2D eigenvalue weighted by Crippen LogP contribution is 2.23. The van der Waals surface area contributed by atoms with E-state index in [9.17, 15) is 9.59 Å². The van der Waals surface area contributed by atoms with Crippen LogP contribution in [-0.2, 0) is 13.5 Å². The molecule has 1 N–H and O–H groups in total. The Bertz CT molecular complexity index is 964. The normalized spacial score (nSPS) is 10.5. The third kappa shape index (κ3) is 4.10. The molecule has 0 saturated carbocycles. The first kappa shape index (κ1) is 16.8. The lowest BCUT2D eigenvalue weighted by atomic mass is 10.1. The van der Waals surface area contributed by atoms with Crippen molar-refractivity contribution >= 4 is 22.4 Å². The van der Waals surface area contributed by atoms with Gasteiger partial charge in [-0.15, -0.1) is 11.3 Å². The summed E-state index contributed by atoms with van der Waals surface area (Å²) in [6.07, 6.45) is 2.43. The molecule has 0 radical (unpaired) electrons. The van der Waals surface area contributed by atoms with Crippen molar-refractivity contribution in [1.82, 2.24) is 14.8 Å². The van der Waals surface area contributed by atoms with Gasteiger partial charge in [-0.05, 0) is 23.8 Å². The summed E-state index contributed by atoms with van der Waals surface area (Å²) in [5.74, 6) is 0.397. The van der Waals surface area contributed by atoms with E-state index in [0.717, 1.165) is 20.9 Å². The summed E-state index contributed by atoms with van der Waals surface area (Å²) in [4.78, 5) is 28.7. The minimum Gasteiger partial charge on any atom is -0.497 e. The molecule has 25 heavy (non-hydrogen) atoms. The van der Waals surface area contributed by atoms with E-state index in [1.54, 1.807) is 13.3 Å². The molecule has 128 valence electrons. The van der Waals surface area contributed by atoms with Crippen molar-refractivity contribution in [3.63, 3.8) is 0 Å². The number of hydrogen-bond acceptors (Lipinski definition) is 6. The molecular weight excluding hydrogens is 340 g/mol. The van der Waals surface area contributed by atoms with Crippen molar-refractivity contribution in [3.05, 3.63) is 69.1 Å². The fourth-order valence-electron chi connectivity index (χ4n) is 2.22. The highest BCUT2D eigenvalue weighted by atomic mass is 32.1. The van der Waals surface area contributed by atoms with E-state index in [2.05, 4.69) is 15.4 Å². The second kappa shape index (κ2) is 7.27. The van der Waals surface area contributed by atoms with Crippen molar-refractivity contribution in [2.24, 2.45) is 7.05 Å². The van der Waals surface area contributed by atoms with Crippen LogP contribution < -0.4 is 15.6 Å². The maximum absolute atomic E-state index is 12.2. The van der Waals surface area contributed by atoms with Crippen molar-refractivity contribution in [2.45, 2.75) is 6.42 Å². The second-order valence-corrected chi connectivity index (χ2v) is 6.41. The lowest BCUT2D eigenvalue weighted by Crippen LogP contribution is -2.23. The van der Waals surface area contributed by atoms with Crippen LogP contribution in [0, 0.1) is 0 Å². The van der Waals surface area contributed by atoms with Crippen molar-refractivity contribution < 1.29 is 9.53 Å². The number of aryl methyl sites for hydroxylation is 1. The van der Waals surface area contributed by atoms with E-state index in [4.69, 9.17) is 4.74 Å². The number of thiazole rings is 1. The molecule has 0 aliphatic rings. The Morgan fingerprint density at radius 1 is 1.32 bits per heavy atom. The van der Waals surface area contributed by atoms with Gasteiger partial charge < -0.3 is 4.74 Å². The summed E-state index contributed by atoms with van der Waals surface area (Å²) in [6.45, 7) is 0. The van der Waals surface area contributed by atoms with Gasteiger partial charge in [0.1, 0.15) is 11.4 Å². The number of nitrogens with one attached hydrogen (secondary N) is 1. The van der Waals surface area contributed by atoms with Crippen LogP contribution in [-0.4, -0.2) is 27.8 Å². The number of benzene rings is 1. The molecule has 0 saturated heterocycles. The molecule has 0 atom stereocenters. The van der Waals surface area contributed by atoms with Gasteiger partial charge in [-0.2, -0.15) is 5.10 Å². The van der Waals surface area contributed by atoms with E-state index >= 15 is 0 Å². The quantitative estimate of drug-likeness (QED) is 0.756. The van der Waals surface area contributed by atoms with Crippen molar-refractivity contribution in [3.8, 4) is 5.75 Å². The zero-order valence-electron chi connectivity index (χ0n) is 13.7. The highest BCUT2D eigenvalue weighted by molar-refractivity contribution is 7.15. The summed E-state index contributed by atoms with van der Waals surface area (Å²) in [5.41, 5.74) is 0.985. The van der Waals surface area contributed by atoms with Gasteiger partial charge >= 0.3 is 0 Å². The number of amides is 1. The second-order valence-electron chi connectivity index (χ2n) is 5.29. The van der Waals surface area contributed by atoms with Crippen molar-refractivity contribution in [1.29, 1.82) is 0 Å². The number of carbonyl (C=O) groups is 1. The molecule has 0 aliphatic heterocycles. The van der Waals surface area contributed by atoms with E-state index < -0.39 is 5.91 Å². The van der Waals surface area contributed by atoms with Crippen molar-refractivity contribution in [2.75, 3.05) is 12.4 Å². The molecule has 0 fully saturated rings. The maximum Gasteiger partial charge on any atom is 0.277 e. The number of aromatic nitrogens is 3. The molecule has 3 rings (SSSR count). The Morgan fingerprint density at radius 3 is 2.92 bits per heavy atom. The van der Waals surface area contributed by atoms with E-state index in [0.29, 0.717) is 11.6 Å². The third-order valence-corrected chi connectivity index (χ3v) is 4.39. The minimum atomic E-state index is -0.405. The largest absolute Gasteiger partial charge is 0.497 e. The van der Waals surface area contributed by atoms with Gasteiger partial charge in [0, 0.05) is 30.6 Å². The number of anilines is 1. The Morgan fingerprint density at radius 2 is 2.16 bits per heavy atom. The molecule has 0 bridgehead atoms. The zero-order valence-corrected chi connectivity index (χ0v) is 14.5. The van der Waals surface area contributed by atoms with Gasteiger partial charge in [0.2, 0.25) is 0 Å². The van der Waals surface area contributed by atoms with E-state index in [1.807, 2.05) is 24.3 Å². The van der Waals surface area contributed by atoms with Gasteiger partial charge in [-0.1, -0.05) is 12.1 Å². The van der Waals surface area contributed by atoms with Gasteiger partial charge in [-0.25, -0.2) is 9.67 Å². The number of carbonyl (C=O) groups excluding carboxylic acids is 1. The molecular formula is C17H16N4O3S. The Hall–Kier alpha value is -3.00. The third-order valence-electron chi connectivity index (χ3n) is 3.48. The molecule has 8 heteroatoms. The predicted octanol–water partition coefficient (Wildman–Crippen LogP) is 2.09. The Kier molecular flexibility index (Phi) is 4.90. The molecule has 0 aliphatic carbocycles. The molecule has 3 aromatic rings. The number of methoxy groups -OCH3 is 1. The number of rotatable bonds is 5. The van der Waals surface area contributed by atoms with Crippen LogP contribution in [0.2, 0.25) is 0 Å². The fourth-order valence-corrected chi connectivity index (χ4v) is 3.06. The monoisotopic (exact) mass is 356 g/mol. The van der Waals surface area contributed by atoms with Gasteiger partial charge in [-0.3, -0.25) is 14.9 Å². The summed E-state index contributed by atoms with van der Waals surface area (Å²) >= 11 is 1.39. The number of hydrogen-bond donors (Lipinski definition) is 1. The molecule has 0 unspecified atom stereocenters. The molecule has 1 aromatic carbocycles. The average molecular weight is 356 g/mol. The first-order valence-electron chi connectivity index (χ1n) is 7.48. The van der Waals surface area contributed by atoms with Crippen LogP contribution in [0.4, 0.5) is 5.13 Å². The molecule has 1 amide bonds. The van der Waals surface area contributed by atoms with Gasteiger partial charge in [0.15, 0.2) is 5.13 Å². The summed E-state index contributed by atoms with van der Waals surface area (Å²) in [5, 5.41) is 7.10. The number of ether oxygens (including phenoxy) is 1. The summed E-state index contributed by atoms with van der Waals surface area (Å²) < 4.78 is 6.33. The zero-order chi connectivity index (χ0) is 17.8. The summed E-state index contributed by atoms with van der Waals surface area (Å²) in [7, 11) is 3.13. The standard InChI is InChI=1S/C17H16N4O3S/c1-21-15(22)7-6-14(20-21)16(23)19-17-18-10-13(25-17)9-11-4-3-5-12(8-11)24-2/h3-8,10H,9H2,1-2H3,(H,18,19,23). The number of nitrogens with zero attached hydrogens (tertiary/aromatic N) is 3. The topological polar surface area (TPSA) is 86.1 Å². The van der Waals surface area contributed by atoms with Crippen LogP contribution in [0.5, 0.6) is 5.75 Å². The van der Waals surface area contributed by atoms with Crippen LogP contribution in [0.3, 0.4) is 0 Å². The lowest BCUT2D eigenvalue weighted by molar-refractivity contribution is 0.102. The average Bonchev–Trinajstić information content (AvgIpc) is 3.04. The summed E-state index contributed by atoms with van der Waals surface area (Å²) in [6, 6.07) is 10.5. The Balaban J connectivity index is 1.69. The first-order chi connectivity index (χ1) is 12.0. The Labute approximate surface area is 147 Å². The molecule has 0 spiro atoms. The van der Waals surface area contributed by atoms with Crippen LogP contribution >= 0.6 is 11.3 Å². The molecule has 2 aromatic heterocycles. The fraction of sp³-hybridized carbons (Fsp3) is 0.176. The highest BCUT2D eigenvalue weighted by Gasteiger charge is 2.12.